The average Bonchev–Trinajstić information content (AvgIpc) is 3.57. The molecule has 1 fully saturated rings. The third-order valence-electron chi connectivity index (χ3n) is 7.77. The molecule has 2 aromatic heterocycles. The number of nitrogens with zero attached hydrogens (tertiary/aromatic N) is 5. The second-order valence-corrected chi connectivity index (χ2v) is 12.9. The van der Waals surface area contributed by atoms with Crippen molar-refractivity contribution in [1.82, 2.24) is 19.6 Å². The number of nitrogens with one attached hydrogen (secondary N) is 1. The van der Waals surface area contributed by atoms with Crippen molar-refractivity contribution >= 4 is 57.8 Å². The number of hydrogen-bond donors (Lipinski definition) is 3. The Morgan fingerprint density at radius 2 is 1.74 bits per heavy atom. The standard InChI is InChI=1S/C34H30N8O6S2/c1-47-39-24(29-38-34(36)50-40-29)30(44)37-25-31(45)42-26(33(46)48-27(20-9-4-2-5-10-20)21-11-6-3-7-12-21)23(19-49-32(25)42)13-8-16-41-17-14-22(15-18-41)28(35)43/h2-15,17-18,25,27,32H,16,19H2,1H3,(H4-,35,36,37,38,40,43,44)/p+1/t25?,32-/m0/s1. The van der Waals surface area contributed by atoms with E-state index in [0.717, 1.165) is 22.7 Å². The number of esters is 1. The van der Waals surface area contributed by atoms with E-state index in [4.69, 9.17) is 21.0 Å². The molecule has 0 saturated carbocycles. The minimum absolute atomic E-state index is 0.0432. The van der Waals surface area contributed by atoms with Crippen LogP contribution < -0.4 is 21.4 Å². The summed E-state index contributed by atoms with van der Waals surface area (Å²) in [6, 6.07) is 20.9. The van der Waals surface area contributed by atoms with Gasteiger partial charge in [-0.1, -0.05) is 71.9 Å². The summed E-state index contributed by atoms with van der Waals surface area (Å²) in [7, 11) is 1.26. The first-order valence-corrected chi connectivity index (χ1v) is 17.0. The predicted octanol–water partition coefficient (Wildman–Crippen LogP) is 2.10. The van der Waals surface area contributed by atoms with Gasteiger partial charge in [-0.05, 0) is 22.8 Å². The zero-order valence-electron chi connectivity index (χ0n) is 26.5. The van der Waals surface area contributed by atoms with E-state index in [0.29, 0.717) is 23.4 Å². The van der Waals surface area contributed by atoms with Gasteiger partial charge >= 0.3 is 5.97 Å². The fraction of sp³-hybridized carbons (Fsp3) is 0.176. The fourth-order valence-electron chi connectivity index (χ4n) is 5.38. The SMILES string of the molecule is CON=C(C(=O)NC1C(=O)N2C(C(=O)OC(c3ccccc3)c3ccccc3)=C(C=CC[n+]3ccc(C(N)=O)cc3)CS[C@@H]12)c1nsc(N)n1. The number of β-lactam (4-membered cyclic amide) rings is 1. The molecule has 2 aromatic carbocycles. The van der Waals surface area contributed by atoms with E-state index in [1.54, 1.807) is 30.6 Å². The van der Waals surface area contributed by atoms with E-state index in [2.05, 4.69) is 19.8 Å². The highest BCUT2D eigenvalue weighted by molar-refractivity contribution is 8.00. The monoisotopic (exact) mass is 711 g/mol. The first kappa shape index (κ1) is 34.0. The number of pyridine rings is 1. The lowest BCUT2D eigenvalue weighted by Gasteiger charge is -2.49. The topological polar surface area (TPSA) is 196 Å². The summed E-state index contributed by atoms with van der Waals surface area (Å²) in [5.41, 5.74) is 13.3. The summed E-state index contributed by atoms with van der Waals surface area (Å²) in [4.78, 5) is 62.9. The number of carbonyl (C=O) groups excluding carboxylic acids is 4. The normalized spacial score (nSPS) is 17.4. The van der Waals surface area contributed by atoms with Gasteiger partial charge in [-0.15, -0.1) is 11.8 Å². The molecule has 50 heavy (non-hydrogen) atoms. The van der Waals surface area contributed by atoms with E-state index < -0.39 is 41.2 Å². The number of aromatic nitrogens is 3. The molecule has 1 saturated heterocycles. The molecule has 4 aromatic rings. The number of primary amides is 1. The molecule has 0 radical (unpaired) electrons. The van der Waals surface area contributed by atoms with Gasteiger partial charge in [0.15, 0.2) is 30.2 Å². The highest BCUT2D eigenvalue weighted by Crippen LogP contribution is 2.42. The zero-order chi connectivity index (χ0) is 35.2. The molecule has 4 heterocycles. The molecule has 5 N–H and O–H groups in total. The van der Waals surface area contributed by atoms with Crippen LogP contribution >= 0.6 is 23.3 Å². The van der Waals surface area contributed by atoms with E-state index in [9.17, 15) is 19.2 Å². The second kappa shape index (κ2) is 15.1. The number of thioether (sulfide) groups is 1. The van der Waals surface area contributed by atoms with E-state index in [1.165, 1.54) is 23.8 Å². The number of hydrogen-bond acceptors (Lipinski definition) is 12. The van der Waals surface area contributed by atoms with Crippen LogP contribution in [0, 0.1) is 0 Å². The molecule has 16 heteroatoms. The molecule has 3 amide bonds. The first-order valence-electron chi connectivity index (χ1n) is 15.2. The van der Waals surface area contributed by atoms with Gasteiger partial charge in [-0.2, -0.15) is 9.36 Å². The average molecular weight is 712 g/mol. The van der Waals surface area contributed by atoms with Crippen LogP contribution in [0.25, 0.3) is 0 Å². The molecule has 0 bridgehead atoms. The highest BCUT2D eigenvalue weighted by atomic mass is 32.2. The number of fused-ring (bicyclic) bond motifs is 1. The molecule has 254 valence electrons. The van der Waals surface area contributed by atoms with Gasteiger partial charge in [0, 0.05) is 29.4 Å². The number of nitrogen functional groups attached to an aromatic ring is 1. The molecule has 0 aliphatic carbocycles. The molecule has 14 nitrogen and oxygen atoms in total. The van der Waals surface area contributed by atoms with Gasteiger partial charge in [0.25, 0.3) is 11.8 Å². The number of nitrogens with two attached hydrogens (primary N) is 2. The van der Waals surface area contributed by atoms with Gasteiger partial charge in [-0.3, -0.25) is 19.3 Å². The molecule has 0 spiro atoms. The van der Waals surface area contributed by atoms with Crippen molar-refractivity contribution in [3.8, 4) is 0 Å². The molecule has 6 rings (SSSR count). The van der Waals surface area contributed by atoms with Gasteiger partial charge in [0.2, 0.25) is 17.4 Å². The number of ether oxygens (including phenoxy) is 1. The Kier molecular flexibility index (Phi) is 10.3. The second-order valence-electron chi connectivity index (χ2n) is 11.0. The largest absolute Gasteiger partial charge is 0.448 e. The van der Waals surface area contributed by atoms with Gasteiger partial charge in [-0.25, -0.2) is 9.36 Å². The predicted molar refractivity (Wildman–Crippen MR) is 185 cm³/mol. The summed E-state index contributed by atoms with van der Waals surface area (Å²) in [5, 5.41) is 5.95. The highest BCUT2D eigenvalue weighted by Gasteiger charge is 2.54. The van der Waals surface area contributed by atoms with Crippen LogP contribution in [0.1, 0.15) is 33.4 Å². The molecular weight excluding hydrogens is 681 g/mol. The maximum Gasteiger partial charge on any atom is 0.356 e. The van der Waals surface area contributed by atoms with Crippen molar-refractivity contribution in [3.63, 3.8) is 0 Å². The van der Waals surface area contributed by atoms with Gasteiger partial charge in [0.05, 0.1) is 5.56 Å². The zero-order valence-corrected chi connectivity index (χ0v) is 28.2. The third-order valence-corrected chi connectivity index (χ3v) is 9.61. The van der Waals surface area contributed by atoms with Crippen LogP contribution in [-0.2, 0) is 30.5 Å². The molecule has 1 unspecified atom stereocenters. The maximum absolute atomic E-state index is 14.2. The van der Waals surface area contributed by atoms with Crippen LogP contribution in [0.4, 0.5) is 5.13 Å². The quantitative estimate of drug-likeness (QED) is 0.0644. The van der Waals surface area contributed by atoms with Gasteiger partial charge < -0.3 is 26.4 Å². The number of anilines is 1. The van der Waals surface area contributed by atoms with Crippen molar-refractivity contribution < 1.29 is 33.3 Å². The lowest BCUT2D eigenvalue weighted by atomic mass is 10.0. The van der Waals surface area contributed by atoms with Crippen molar-refractivity contribution in [3.05, 3.63) is 131 Å². The van der Waals surface area contributed by atoms with E-state index in [1.807, 2.05) is 71.3 Å². The van der Waals surface area contributed by atoms with Crippen LogP contribution in [-0.4, -0.2) is 67.9 Å². The van der Waals surface area contributed by atoms with Crippen molar-refractivity contribution in [2.45, 2.75) is 24.1 Å². The number of carbonyl (C=O) groups is 4. The fourth-order valence-corrected chi connectivity index (χ4v) is 7.14. The summed E-state index contributed by atoms with van der Waals surface area (Å²) in [5.74, 6) is -2.19. The number of amides is 3. The van der Waals surface area contributed by atoms with Crippen LogP contribution in [0.5, 0.6) is 0 Å². The van der Waals surface area contributed by atoms with E-state index >= 15 is 0 Å². The lowest BCUT2D eigenvalue weighted by molar-refractivity contribution is -0.687. The first-order chi connectivity index (χ1) is 24.2. The van der Waals surface area contributed by atoms with Crippen molar-refractivity contribution in [2.24, 2.45) is 10.9 Å². The Labute approximate surface area is 294 Å². The Balaban J connectivity index is 1.29. The molecule has 2 aliphatic rings. The smallest absolute Gasteiger partial charge is 0.356 e. The molecule has 2 atom stereocenters. The summed E-state index contributed by atoms with van der Waals surface area (Å²) in [6.07, 6.45) is 6.28. The number of allylic oxidation sites excluding steroid dienone is 2. The summed E-state index contributed by atoms with van der Waals surface area (Å²) < 4.78 is 12.1. The van der Waals surface area contributed by atoms with Gasteiger partial charge in [0.1, 0.15) is 24.2 Å². The number of rotatable bonds is 12. The Hall–Kier alpha value is -5.87. The minimum atomic E-state index is -0.989. The molecular formula is C34H31N8O6S2+. The Bertz CT molecular complexity index is 1960. The van der Waals surface area contributed by atoms with Crippen LogP contribution in [0.3, 0.4) is 0 Å². The summed E-state index contributed by atoms with van der Waals surface area (Å²) in [6.45, 7) is 0.402. The summed E-state index contributed by atoms with van der Waals surface area (Å²) >= 11 is 2.26. The molecule has 2 aliphatic heterocycles. The van der Waals surface area contributed by atoms with E-state index in [-0.39, 0.29) is 22.4 Å². The lowest BCUT2D eigenvalue weighted by Crippen LogP contribution is -2.71. The van der Waals surface area contributed by atoms with Crippen LogP contribution in [0.15, 0.2) is 114 Å². The number of benzene rings is 2. The number of oxime groups is 1. The third kappa shape index (κ3) is 7.25. The van der Waals surface area contributed by atoms with Crippen LogP contribution in [0.2, 0.25) is 0 Å². The maximum atomic E-state index is 14.2. The Morgan fingerprint density at radius 3 is 2.32 bits per heavy atom. The van der Waals surface area contributed by atoms with Crippen molar-refractivity contribution in [2.75, 3.05) is 18.6 Å². The van der Waals surface area contributed by atoms with Crippen molar-refractivity contribution in [1.29, 1.82) is 0 Å². The Morgan fingerprint density at radius 1 is 1.08 bits per heavy atom. The minimum Gasteiger partial charge on any atom is -0.448 e.